The summed E-state index contributed by atoms with van der Waals surface area (Å²) < 4.78 is 7.87. The number of carbonyl (C=O) groups excluding carboxylic acids is 1. The van der Waals surface area contributed by atoms with Gasteiger partial charge < -0.3 is 14.5 Å². The van der Waals surface area contributed by atoms with Crippen LogP contribution in [-0.2, 0) is 16.1 Å². The molecular weight excluding hydrogens is 308 g/mol. The van der Waals surface area contributed by atoms with Crippen LogP contribution in [0.1, 0.15) is 24.6 Å². The Morgan fingerprint density at radius 3 is 3.12 bits per heavy atom. The average Bonchev–Trinajstić information content (AvgIpc) is 2.99. The van der Waals surface area contributed by atoms with E-state index in [2.05, 4.69) is 27.2 Å². The van der Waals surface area contributed by atoms with Crippen molar-refractivity contribution in [2.45, 2.75) is 31.6 Å². The fourth-order valence-electron chi connectivity index (χ4n) is 3.96. The molecule has 1 aromatic heterocycles. The number of amides is 1. The summed E-state index contributed by atoms with van der Waals surface area (Å²) in [4.78, 5) is 19.4. The Morgan fingerprint density at radius 2 is 2.21 bits per heavy atom. The van der Waals surface area contributed by atoms with Gasteiger partial charge in [0.25, 0.3) is 0 Å². The number of piperidine rings is 1. The van der Waals surface area contributed by atoms with E-state index in [1.54, 1.807) is 6.20 Å². The van der Waals surface area contributed by atoms with Crippen molar-refractivity contribution in [1.82, 2.24) is 29.7 Å². The molecule has 0 aliphatic carbocycles. The maximum absolute atomic E-state index is 12.8. The summed E-state index contributed by atoms with van der Waals surface area (Å²) >= 11 is 0. The number of hydrogen-bond acceptors (Lipinski definition) is 6. The standard InChI is InChI=1S/C16H26N6O2/c1-19-4-2-5-20(8-7-19)11-16(23)21-6-3-15-14(10-21)22-13(12-24-15)9-17-18-22/h9,14-15H,2-8,10-12H2,1H3/t14-,15+/m1/s1. The van der Waals surface area contributed by atoms with Crippen LogP contribution >= 0.6 is 0 Å². The van der Waals surface area contributed by atoms with Crippen molar-refractivity contribution >= 4 is 5.91 Å². The van der Waals surface area contributed by atoms with Crippen molar-refractivity contribution in [3.8, 4) is 0 Å². The van der Waals surface area contributed by atoms with E-state index in [0.29, 0.717) is 19.7 Å². The lowest BCUT2D eigenvalue weighted by atomic mass is 10.0. The van der Waals surface area contributed by atoms with E-state index in [4.69, 9.17) is 4.74 Å². The highest BCUT2D eigenvalue weighted by Crippen LogP contribution is 2.30. The molecule has 0 spiro atoms. The summed E-state index contributed by atoms with van der Waals surface area (Å²) in [5, 5.41) is 8.20. The first-order valence-electron chi connectivity index (χ1n) is 8.90. The molecule has 3 aliphatic rings. The average molecular weight is 334 g/mol. The quantitative estimate of drug-likeness (QED) is 0.732. The summed E-state index contributed by atoms with van der Waals surface area (Å²) in [7, 11) is 2.15. The van der Waals surface area contributed by atoms with Crippen LogP contribution in [0.15, 0.2) is 6.20 Å². The summed E-state index contributed by atoms with van der Waals surface area (Å²) in [5.41, 5.74) is 1.00. The number of ether oxygens (including phenoxy) is 1. The van der Waals surface area contributed by atoms with Crippen molar-refractivity contribution in [3.05, 3.63) is 11.9 Å². The molecule has 8 nitrogen and oxygen atoms in total. The van der Waals surface area contributed by atoms with Gasteiger partial charge in [-0.2, -0.15) is 0 Å². The Morgan fingerprint density at radius 1 is 1.29 bits per heavy atom. The molecule has 2 atom stereocenters. The number of rotatable bonds is 2. The highest BCUT2D eigenvalue weighted by atomic mass is 16.5. The van der Waals surface area contributed by atoms with Gasteiger partial charge in [-0.1, -0.05) is 5.21 Å². The van der Waals surface area contributed by atoms with Gasteiger partial charge >= 0.3 is 0 Å². The zero-order valence-corrected chi connectivity index (χ0v) is 14.3. The van der Waals surface area contributed by atoms with Crippen LogP contribution < -0.4 is 0 Å². The topological polar surface area (TPSA) is 66.7 Å². The summed E-state index contributed by atoms with van der Waals surface area (Å²) in [6.45, 7) is 6.68. The number of carbonyl (C=O) groups is 1. The third-order valence-electron chi connectivity index (χ3n) is 5.45. The molecule has 1 amide bonds. The second-order valence-corrected chi connectivity index (χ2v) is 7.15. The molecule has 0 unspecified atom stereocenters. The molecule has 0 saturated carbocycles. The normalized spacial score (nSPS) is 29.0. The van der Waals surface area contributed by atoms with Crippen molar-refractivity contribution < 1.29 is 9.53 Å². The maximum Gasteiger partial charge on any atom is 0.236 e. The van der Waals surface area contributed by atoms with Crippen molar-refractivity contribution in [1.29, 1.82) is 0 Å². The Labute approximate surface area is 142 Å². The molecule has 0 N–H and O–H groups in total. The van der Waals surface area contributed by atoms with Gasteiger partial charge in [-0.3, -0.25) is 9.69 Å². The van der Waals surface area contributed by atoms with E-state index in [1.165, 1.54) is 0 Å². The number of likely N-dealkylation sites (tertiary alicyclic amines) is 1. The van der Waals surface area contributed by atoms with E-state index in [9.17, 15) is 4.79 Å². The largest absolute Gasteiger partial charge is 0.370 e. The highest BCUT2D eigenvalue weighted by Gasteiger charge is 2.38. The van der Waals surface area contributed by atoms with Crippen LogP contribution in [0.4, 0.5) is 0 Å². The van der Waals surface area contributed by atoms with Crippen molar-refractivity contribution in [2.75, 3.05) is 52.9 Å². The monoisotopic (exact) mass is 334 g/mol. The minimum atomic E-state index is 0.101. The van der Waals surface area contributed by atoms with Crippen LogP contribution in [0.2, 0.25) is 0 Å². The first-order chi connectivity index (χ1) is 11.7. The number of hydrogen-bond donors (Lipinski definition) is 0. The Kier molecular flexibility index (Phi) is 4.51. The van der Waals surface area contributed by atoms with E-state index in [0.717, 1.165) is 51.3 Å². The summed E-state index contributed by atoms with van der Waals surface area (Å²) in [6.07, 6.45) is 3.91. The first-order valence-corrected chi connectivity index (χ1v) is 8.90. The fraction of sp³-hybridized carbons (Fsp3) is 0.812. The summed E-state index contributed by atoms with van der Waals surface area (Å²) in [6, 6.07) is 0.101. The third-order valence-corrected chi connectivity index (χ3v) is 5.45. The smallest absolute Gasteiger partial charge is 0.236 e. The Hall–Kier alpha value is -1.51. The fourth-order valence-corrected chi connectivity index (χ4v) is 3.96. The highest BCUT2D eigenvalue weighted by molar-refractivity contribution is 5.78. The van der Waals surface area contributed by atoms with Gasteiger partial charge in [-0.05, 0) is 33.0 Å². The predicted octanol–water partition coefficient (Wildman–Crippen LogP) is -0.412. The molecule has 8 heteroatoms. The molecule has 0 radical (unpaired) electrons. The van der Waals surface area contributed by atoms with Crippen molar-refractivity contribution in [3.63, 3.8) is 0 Å². The maximum atomic E-state index is 12.8. The molecule has 2 saturated heterocycles. The van der Waals surface area contributed by atoms with Gasteiger partial charge in [0, 0.05) is 26.2 Å². The number of fused-ring (bicyclic) bond motifs is 3. The second-order valence-electron chi connectivity index (χ2n) is 7.15. The SMILES string of the molecule is CN1CCCN(CC(=O)N2CC[C@@H]3OCc4cnnn4[C@@H]3C2)CC1. The molecule has 0 bridgehead atoms. The van der Waals surface area contributed by atoms with E-state index >= 15 is 0 Å². The molecule has 24 heavy (non-hydrogen) atoms. The van der Waals surface area contributed by atoms with Gasteiger partial charge in [-0.15, -0.1) is 5.10 Å². The van der Waals surface area contributed by atoms with Gasteiger partial charge in [0.2, 0.25) is 5.91 Å². The van der Waals surface area contributed by atoms with Crippen molar-refractivity contribution in [2.24, 2.45) is 0 Å². The molecule has 0 aromatic carbocycles. The van der Waals surface area contributed by atoms with Gasteiger partial charge in [0.1, 0.15) is 0 Å². The molecule has 4 rings (SSSR count). The van der Waals surface area contributed by atoms with Gasteiger partial charge in [0.05, 0.1) is 37.2 Å². The number of aromatic nitrogens is 3. The third kappa shape index (κ3) is 3.18. The lowest BCUT2D eigenvalue weighted by Crippen LogP contribution is -2.52. The Balaban J connectivity index is 1.38. The molecule has 1 aromatic rings. The zero-order chi connectivity index (χ0) is 16.5. The lowest BCUT2D eigenvalue weighted by Gasteiger charge is -2.41. The number of likely N-dealkylation sites (N-methyl/N-ethyl adjacent to an activating group) is 1. The van der Waals surface area contributed by atoms with Crippen LogP contribution in [0.3, 0.4) is 0 Å². The predicted molar refractivity (Wildman–Crippen MR) is 87.4 cm³/mol. The second kappa shape index (κ2) is 6.78. The van der Waals surface area contributed by atoms with E-state index in [-0.39, 0.29) is 18.1 Å². The van der Waals surface area contributed by atoms with E-state index < -0.39 is 0 Å². The molecule has 4 heterocycles. The minimum Gasteiger partial charge on any atom is -0.370 e. The minimum absolute atomic E-state index is 0.101. The molecule has 132 valence electrons. The van der Waals surface area contributed by atoms with Crippen LogP contribution in [0.5, 0.6) is 0 Å². The van der Waals surface area contributed by atoms with Gasteiger partial charge in [-0.25, -0.2) is 4.68 Å². The van der Waals surface area contributed by atoms with Crippen LogP contribution in [0.25, 0.3) is 0 Å². The Bertz CT molecular complexity index is 591. The van der Waals surface area contributed by atoms with Crippen LogP contribution in [0, 0.1) is 0 Å². The molecule has 3 aliphatic heterocycles. The van der Waals surface area contributed by atoms with Gasteiger partial charge in [0.15, 0.2) is 0 Å². The van der Waals surface area contributed by atoms with E-state index in [1.807, 2.05) is 9.58 Å². The lowest BCUT2D eigenvalue weighted by molar-refractivity contribution is -0.139. The molecule has 2 fully saturated rings. The molecular formula is C16H26N6O2. The summed E-state index contributed by atoms with van der Waals surface area (Å²) in [5.74, 6) is 0.227. The van der Waals surface area contributed by atoms with Crippen LogP contribution in [-0.4, -0.2) is 94.6 Å². The number of nitrogens with zero attached hydrogens (tertiary/aromatic N) is 6. The first kappa shape index (κ1) is 16.0. The zero-order valence-electron chi connectivity index (χ0n) is 14.3.